The molecule has 126 valence electrons. The molecule has 0 N–H and O–H groups in total. The molecule has 0 spiro atoms. The van der Waals surface area contributed by atoms with Gasteiger partial charge in [0.15, 0.2) is 24.6 Å². The van der Waals surface area contributed by atoms with E-state index in [-0.39, 0.29) is 0 Å². The van der Waals surface area contributed by atoms with E-state index in [9.17, 15) is 14.4 Å². The van der Waals surface area contributed by atoms with Gasteiger partial charge in [0.1, 0.15) is 6.10 Å². The van der Waals surface area contributed by atoms with E-state index in [0.29, 0.717) is 4.43 Å². The monoisotopic (exact) mass is 430 g/mol. The second-order valence-electron chi connectivity index (χ2n) is 4.66. The first kappa shape index (κ1) is 19.1. The number of methoxy groups -OCH3 is 1. The van der Waals surface area contributed by atoms with Gasteiger partial charge in [0.25, 0.3) is 0 Å². The molecule has 1 aliphatic rings. The number of carbonyl (C=O) groups is 3. The van der Waals surface area contributed by atoms with Crippen molar-refractivity contribution in [2.24, 2.45) is 0 Å². The highest BCUT2D eigenvalue weighted by atomic mass is 127. The van der Waals surface area contributed by atoms with E-state index in [1.165, 1.54) is 27.9 Å². The van der Waals surface area contributed by atoms with Crippen LogP contribution in [0.25, 0.3) is 0 Å². The Balaban J connectivity index is 3.14. The summed E-state index contributed by atoms with van der Waals surface area (Å²) in [7, 11) is 1.38. The Labute approximate surface area is 141 Å². The Morgan fingerprint density at radius 3 is 1.77 bits per heavy atom. The number of ether oxygens (including phenoxy) is 5. The van der Waals surface area contributed by atoms with Crippen molar-refractivity contribution in [3.8, 4) is 0 Å². The van der Waals surface area contributed by atoms with Crippen molar-refractivity contribution in [2.75, 3.05) is 11.5 Å². The number of hydrogen-bond acceptors (Lipinski definition) is 8. The van der Waals surface area contributed by atoms with Crippen molar-refractivity contribution in [3.63, 3.8) is 0 Å². The van der Waals surface area contributed by atoms with Crippen molar-refractivity contribution >= 4 is 40.5 Å². The molecular formula is C13H19IO8. The minimum Gasteiger partial charge on any atom is -0.456 e. The van der Waals surface area contributed by atoms with Gasteiger partial charge >= 0.3 is 17.9 Å². The maximum Gasteiger partial charge on any atom is 0.303 e. The van der Waals surface area contributed by atoms with Crippen molar-refractivity contribution in [1.29, 1.82) is 0 Å². The van der Waals surface area contributed by atoms with Crippen LogP contribution in [0.1, 0.15) is 20.8 Å². The quantitative estimate of drug-likeness (QED) is 0.271. The fourth-order valence-electron chi connectivity index (χ4n) is 2.17. The lowest BCUT2D eigenvalue weighted by molar-refractivity contribution is -0.293. The van der Waals surface area contributed by atoms with Crippen LogP contribution in [0, 0.1) is 0 Å². The molecule has 9 heteroatoms. The van der Waals surface area contributed by atoms with E-state index in [4.69, 9.17) is 23.7 Å². The van der Waals surface area contributed by atoms with Gasteiger partial charge in [-0.3, -0.25) is 14.4 Å². The summed E-state index contributed by atoms with van der Waals surface area (Å²) in [5.74, 6) is -1.75. The number of rotatable bonds is 5. The van der Waals surface area contributed by atoms with Crippen LogP contribution in [0.5, 0.6) is 0 Å². The number of hydrogen-bond donors (Lipinski definition) is 0. The molecule has 0 aromatic heterocycles. The molecule has 1 fully saturated rings. The molecule has 1 rings (SSSR count). The average molecular weight is 430 g/mol. The van der Waals surface area contributed by atoms with Gasteiger partial charge in [-0.25, -0.2) is 0 Å². The van der Waals surface area contributed by atoms with Gasteiger partial charge in [-0.05, 0) is 0 Å². The number of carbonyl (C=O) groups excluding carboxylic acids is 3. The third kappa shape index (κ3) is 5.06. The molecule has 0 saturated carbocycles. The summed E-state index contributed by atoms with van der Waals surface area (Å²) in [6.07, 6.45) is -4.43. The maximum atomic E-state index is 11.4. The minimum absolute atomic E-state index is 0.458. The zero-order chi connectivity index (χ0) is 16.9. The molecule has 5 atom stereocenters. The first-order valence-corrected chi connectivity index (χ1v) is 8.08. The lowest BCUT2D eigenvalue weighted by atomic mass is 9.99. The Morgan fingerprint density at radius 1 is 0.909 bits per heavy atom. The first-order chi connectivity index (χ1) is 10.3. The van der Waals surface area contributed by atoms with Gasteiger partial charge in [0.2, 0.25) is 0 Å². The van der Waals surface area contributed by atoms with Gasteiger partial charge in [-0.1, -0.05) is 22.6 Å². The average Bonchev–Trinajstić information content (AvgIpc) is 2.41. The zero-order valence-electron chi connectivity index (χ0n) is 12.7. The van der Waals surface area contributed by atoms with E-state index < -0.39 is 48.6 Å². The molecule has 0 aliphatic carbocycles. The number of esters is 3. The summed E-state index contributed by atoms with van der Waals surface area (Å²) in [5, 5.41) is 0. The fourth-order valence-corrected chi connectivity index (χ4v) is 2.88. The second kappa shape index (κ2) is 8.63. The van der Waals surface area contributed by atoms with Crippen LogP contribution in [0.4, 0.5) is 0 Å². The summed E-state index contributed by atoms with van der Waals surface area (Å²) >= 11 is 2.05. The molecular weight excluding hydrogens is 411 g/mol. The van der Waals surface area contributed by atoms with Crippen molar-refractivity contribution < 1.29 is 38.1 Å². The standard InChI is InChI=1S/C13H19IO8/c1-6(15)19-10-9(5-14)22-13(18-4)12(21-8(3)17)11(10)20-7(2)16/h9-13H,5H2,1-4H3/t9-,10-,11+,12-,13-/m1/s1. The highest BCUT2D eigenvalue weighted by Crippen LogP contribution is 2.30. The number of halogens is 1. The van der Waals surface area contributed by atoms with E-state index >= 15 is 0 Å². The molecule has 0 unspecified atom stereocenters. The highest BCUT2D eigenvalue weighted by Gasteiger charge is 2.51. The summed E-state index contributed by atoms with van der Waals surface area (Å²) in [5.41, 5.74) is 0. The molecule has 0 amide bonds. The molecule has 0 aromatic rings. The summed E-state index contributed by atoms with van der Waals surface area (Å²) in [6, 6.07) is 0. The van der Waals surface area contributed by atoms with E-state index in [1.807, 2.05) is 0 Å². The van der Waals surface area contributed by atoms with E-state index in [0.717, 1.165) is 0 Å². The largest absolute Gasteiger partial charge is 0.456 e. The lowest BCUT2D eigenvalue weighted by Gasteiger charge is -2.43. The van der Waals surface area contributed by atoms with Crippen LogP contribution in [-0.2, 0) is 38.1 Å². The Morgan fingerprint density at radius 2 is 1.36 bits per heavy atom. The third-order valence-electron chi connectivity index (χ3n) is 2.88. The van der Waals surface area contributed by atoms with Crippen LogP contribution in [0.3, 0.4) is 0 Å². The number of alkyl halides is 1. The minimum atomic E-state index is -1.03. The molecule has 1 saturated heterocycles. The van der Waals surface area contributed by atoms with Gasteiger partial charge in [0, 0.05) is 32.3 Å². The fraction of sp³-hybridized carbons (Fsp3) is 0.769. The van der Waals surface area contributed by atoms with Gasteiger partial charge in [0.05, 0.1) is 0 Å². The summed E-state index contributed by atoms with van der Waals surface area (Å²) in [4.78, 5) is 34.0. The van der Waals surface area contributed by atoms with E-state index in [1.54, 1.807) is 0 Å². The van der Waals surface area contributed by atoms with Crippen LogP contribution in [-0.4, -0.2) is 60.2 Å². The van der Waals surface area contributed by atoms with Crippen LogP contribution >= 0.6 is 22.6 Å². The first-order valence-electron chi connectivity index (χ1n) is 6.56. The third-order valence-corrected chi connectivity index (χ3v) is 3.75. The Bertz CT molecular complexity index is 396. The molecule has 0 bridgehead atoms. The van der Waals surface area contributed by atoms with Crippen molar-refractivity contribution in [3.05, 3.63) is 0 Å². The normalized spacial score (nSPS) is 31.2. The SMILES string of the molecule is CO[C@@H]1O[C@H](CI)[C@@H](OC(C)=O)[C@H](OC(C)=O)[C@H]1OC(C)=O. The van der Waals surface area contributed by atoms with Crippen molar-refractivity contribution in [2.45, 2.75) is 51.5 Å². The molecule has 1 aliphatic heterocycles. The molecule has 8 nitrogen and oxygen atoms in total. The summed E-state index contributed by atoms with van der Waals surface area (Å²) < 4.78 is 26.9. The van der Waals surface area contributed by atoms with Gasteiger partial charge < -0.3 is 23.7 Å². The zero-order valence-corrected chi connectivity index (χ0v) is 14.9. The van der Waals surface area contributed by atoms with E-state index in [2.05, 4.69) is 22.6 Å². The molecule has 22 heavy (non-hydrogen) atoms. The van der Waals surface area contributed by atoms with Crippen molar-refractivity contribution in [1.82, 2.24) is 0 Å². The topological polar surface area (TPSA) is 97.4 Å². The van der Waals surface area contributed by atoms with Gasteiger partial charge in [-0.15, -0.1) is 0 Å². The molecule has 1 heterocycles. The van der Waals surface area contributed by atoms with Gasteiger partial charge in [-0.2, -0.15) is 0 Å². The lowest BCUT2D eigenvalue weighted by Crippen LogP contribution is -2.62. The van der Waals surface area contributed by atoms with Crippen LogP contribution in [0.15, 0.2) is 0 Å². The predicted octanol–water partition coefficient (Wildman–Crippen LogP) is 0.588. The smallest absolute Gasteiger partial charge is 0.303 e. The molecule has 0 aromatic carbocycles. The summed E-state index contributed by atoms with van der Waals surface area (Å²) in [6.45, 7) is 3.66. The second-order valence-corrected chi connectivity index (χ2v) is 5.54. The molecule has 0 radical (unpaired) electrons. The van der Waals surface area contributed by atoms with Crippen LogP contribution in [0.2, 0.25) is 0 Å². The Kier molecular flexibility index (Phi) is 7.49. The highest BCUT2D eigenvalue weighted by molar-refractivity contribution is 14.1. The van der Waals surface area contributed by atoms with Crippen LogP contribution < -0.4 is 0 Å². The maximum absolute atomic E-state index is 11.4. The Hall–Kier alpha value is -0.940. The predicted molar refractivity (Wildman–Crippen MR) is 81.2 cm³/mol.